The number of benzene rings is 2. The molecule has 4 rings (SSSR count). The van der Waals surface area contributed by atoms with Crippen LogP contribution >= 0.6 is 34.7 Å². The van der Waals surface area contributed by atoms with E-state index in [0.717, 1.165) is 15.4 Å². The molecule has 0 aliphatic heterocycles. The SMILES string of the molecule is Nc1cc(-c2nc3c(=O)[nH]cnc3s2)ccc1Sc1ccc(Cl)cc1. The highest BCUT2D eigenvalue weighted by Crippen LogP contribution is 2.36. The van der Waals surface area contributed by atoms with Crippen LogP contribution in [0.4, 0.5) is 5.69 Å². The summed E-state index contributed by atoms with van der Waals surface area (Å²) in [5.74, 6) is 0. The van der Waals surface area contributed by atoms with Gasteiger partial charge in [0.05, 0.1) is 6.33 Å². The van der Waals surface area contributed by atoms with Gasteiger partial charge in [-0.15, -0.1) is 0 Å². The average molecular weight is 387 g/mol. The number of nitrogen functional groups attached to an aromatic ring is 1. The van der Waals surface area contributed by atoms with Crippen molar-refractivity contribution in [3.8, 4) is 10.6 Å². The van der Waals surface area contributed by atoms with E-state index in [1.54, 1.807) is 11.8 Å². The summed E-state index contributed by atoms with van der Waals surface area (Å²) in [5, 5.41) is 1.42. The Morgan fingerprint density at radius 2 is 1.96 bits per heavy atom. The highest BCUT2D eigenvalue weighted by Gasteiger charge is 2.11. The number of nitrogens with one attached hydrogen (secondary N) is 1. The van der Waals surface area contributed by atoms with Crippen LogP contribution in [0.3, 0.4) is 0 Å². The van der Waals surface area contributed by atoms with Crippen molar-refractivity contribution in [3.63, 3.8) is 0 Å². The molecule has 0 unspecified atom stereocenters. The normalized spacial score (nSPS) is 11.1. The third kappa shape index (κ3) is 3.26. The summed E-state index contributed by atoms with van der Waals surface area (Å²) < 4.78 is 0. The Bertz CT molecular complexity index is 1120. The van der Waals surface area contributed by atoms with E-state index >= 15 is 0 Å². The third-order valence-electron chi connectivity index (χ3n) is 3.50. The molecule has 0 saturated carbocycles. The van der Waals surface area contributed by atoms with Gasteiger partial charge >= 0.3 is 0 Å². The van der Waals surface area contributed by atoms with Gasteiger partial charge in [-0.3, -0.25) is 4.79 Å². The van der Waals surface area contributed by atoms with Gasteiger partial charge in [0.2, 0.25) is 0 Å². The first-order valence-electron chi connectivity index (χ1n) is 7.28. The van der Waals surface area contributed by atoms with Crippen molar-refractivity contribution in [1.29, 1.82) is 0 Å². The zero-order valence-corrected chi connectivity index (χ0v) is 15.1. The quantitative estimate of drug-likeness (QED) is 0.508. The molecule has 0 fully saturated rings. The summed E-state index contributed by atoms with van der Waals surface area (Å²) in [6.45, 7) is 0. The van der Waals surface area contributed by atoms with Gasteiger partial charge in [-0.25, -0.2) is 9.97 Å². The molecule has 0 aliphatic carbocycles. The fourth-order valence-corrected chi connectivity index (χ4v) is 4.16. The van der Waals surface area contributed by atoms with Crippen LogP contribution < -0.4 is 11.3 Å². The predicted octanol–water partition coefficient (Wildman–Crippen LogP) is 4.43. The molecule has 2 aromatic heterocycles. The minimum atomic E-state index is -0.240. The number of rotatable bonds is 3. The molecule has 8 heteroatoms. The lowest BCUT2D eigenvalue weighted by atomic mass is 10.2. The highest BCUT2D eigenvalue weighted by molar-refractivity contribution is 7.99. The molecular weight excluding hydrogens is 376 g/mol. The second kappa shape index (κ2) is 6.51. The summed E-state index contributed by atoms with van der Waals surface area (Å²) in [6.07, 6.45) is 1.38. The van der Waals surface area contributed by atoms with Gasteiger partial charge in [0.15, 0.2) is 10.3 Å². The smallest absolute Gasteiger partial charge is 0.278 e. The van der Waals surface area contributed by atoms with Gasteiger partial charge < -0.3 is 10.7 Å². The van der Waals surface area contributed by atoms with E-state index in [4.69, 9.17) is 17.3 Å². The van der Waals surface area contributed by atoms with E-state index in [2.05, 4.69) is 15.0 Å². The van der Waals surface area contributed by atoms with Crippen molar-refractivity contribution in [2.24, 2.45) is 0 Å². The first-order chi connectivity index (χ1) is 12.1. The van der Waals surface area contributed by atoms with E-state index in [1.807, 2.05) is 42.5 Å². The molecule has 0 atom stereocenters. The van der Waals surface area contributed by atoms with Crippen molar-refractivity contribution in [1.82, 2.24) is 15.0 Å². The Morgan fingerprint density at radius 3 is 2.68 bits per heavy atom. The van der Waals surface area contributed by atoms with Gasteiger partial charge in [-0.1, -0.05) is 40.8 Å². The number of hydrogen-bond acceptors (Lipinski definition) is 6. The molecule has 0 aliphatic rings. The molecule has 2 heterocycles. The fraction of sp³-hybridized carbons (Fsp3) is 0. The summed E-state index contributed by atoms with van der Waals surface area (Å²) in [4.78, 5) is 25.5. The Hall–Kier alpha value is -2.35. The van der Waals surface area contributed by atoms with E-state index in [1.165, 1.54) is 17.7 Å². The molecule has 4 aromatic rings. The Kier molecular flexibility index (Phi) is 4.20. The number of anilines is 1. The molecule has 0 amide bonds. The van der Waals surface area contributed by atoms with Crippen LogP contribution in [0.2, 0.25) is 5.02 Å². The number of nitrogens with zero attached hydrogens (tertiary/aromatic N) is 2. The lowest BCUT2D eigenvalue weighted by molar-refractivity contribution is 1.17. The molecule has 2 aromatic carbocycles. The Labute approximate surface area is 155 Å². The predicted molar refractivity (Wildman–Crippen MR) is 103 cm³/mol. The van der Waals surface area contributed by atoms with Crippen LogP contribution in [-0.4, -0.2) is 15.0 Å². The van der Waals surface area contributed by atoms with Crippen molar-refractivity contribution in [3.05, 3.63) is 64.2 Å². The lowest BCUT2D eigenvalue weighted by Gasteiger charge is -2.07. The third-order valence-corrected chi connectivity index (χ3v) is 5.86. The van der Waals surface area contributed by atoms with E-state index < -0.39 is 0 Å². The summed E-state index contributed by atoms with van der Waals surface area (Å²) in [6, 6.07) is 13.4. The standard InChI is InChI=1S/C17H11ClN4OS2/c18-10-2-4-11(5-3-10)24-13-6-1-9(7-12(13)19)16-22-14-15(23)20-8-21-17(14)25-16/h1-8H,19H2,(H,20,21,23). The van der Waals surface area contributed by atoms with Gasteiger partial charge in [0.1, 0.15) is 5.01 Å². The zero-order chi connectivity index (χ0) is 17.4. The van der Waals surface area contributed by atoms with E-state index in [0.29, 0.717) is 26.1 Å². The summed E-state index contributed by atoms with van der Waals surface area (Å²) >= 11 is 8.84. The van der Waals surface area contributed by atoms with Crippen molar-refractivity contribution in [2.45, 2.75) is 9.79 Å². The van der Waals surface area contributed by atoms with Crippen LogP contribution in [-0.2, 0) is 0 Å². The number of aromatic amines is 1. The topological polar surface area (TPSA) is 84.7 Å². The van der Waals surface area contributed by atoms with Gasteiger partial charge in [-0.05, 0) is 36.4 Å². The molecule has 0 bridgehead atoms. The molecule has 3 N–H and O–H groups in total. The summed E-state index contributed by atoms with van der Waals surface area (Å²) in [5.41, 5.74) is 7.83. The maximum Gasteiger partial charge on any atom is 0.278 e. The van der Waals surface area contributed by atoms with Crippen molar-refractivity contribution in [2.75, 3.05) is 5.73 Å². The Balaban J connectivity index is 1.67. The molecule has 0 radical (unpaired) electrons. The van der Waals surface area contributed by atoms with Gasteiger partial charge in [0.25, 0.3) is 5.56 Å². The number of nitrogens with two attached hydrogens (primary N) is 1. The Morgan fingerprint density at radius 1 is 1.16 bits per heavy atom. The second-order valence-corrected chi connectivity index (χ2v) is 7.74. The number of H-pyrrole nitrogens is 1. The van der Waals surface area contributed by atoms with Crippen LogP contribution in [0.15, 0.2) is 63.4 Å². The van der Waals surface area contributed by atoms with E-state index in [9.17, 15) is 4.79 Å². The average Bonchev–Trinajstić information content (AvgIpc) is 3.04. The second-order valence-electron chi connectivity index (χ2n) is 5.21. The van der Waals surface area contributed by atoms with Crippen molar-refractivity contribution < 1.29 is 0 Å². The molecule has 0 spiro atoms. The minimum Gasteiger partial charge on any atom is -0.398 e. The number of fused-ring (bicyclic) bond motifs is 1. The minimum absolute atomic E-state index is 0.240. The molecular formula is C17H11ClN4OS2. The number of hydrogen-bond donors (Lipinski definition) is 2. The number of halogens is 1. The van der Waals surface area contributed by atoms with Gasteiger partial charge in [0, 0.05) is 26.1 Å². The maximum absolute atomic E-state index is 11.8. The van der Waals surface area contributed by atoms with Crippen LogP contribution in [0.1, 0.15) is 0 Å². The first kappa shape index (κ1) is 16.1. The van der Waals surface area contributed by atoms with Crippen LogP contribution in [0.25, 0.3) is 20.9 Å². The largest absolute Gasteiger partial charge is 0.398 e. The fourth-order valence-electron chi connectivity index (χ4n) is 2.29. The molecule has 0 saturated heterocycles. The zero-order valence-electron chi connectivity index (χ0n) is 12.7. The monoisotopic (exact) mass is 386 g/mol. The number of thiazole rings is 1. The highest BCUT2D eigenvalue weighted by atomic mass is 35.5. The number of aromatic nitrogens is 3. The summed E-state index contributed by atoms with van der Waals surface area (Å²) in [7, 11) is 0. The molecule has 25 heavy (non-hydrogen) atoms. The van der Waals surface area contributed by atoms with E-state index in [-0.39, 0.29) is 5.56 Å². The first-order valence-corrected chi connectivity index (χ1v) is 9.29. The van der Waals surface area contributed by atoms with Crippen LogP contribution in [0, 0.1) is 0 Å². The van der Waals surface area contributed by atoms with Crippen molar-refractivity contribution >= 4 is 50.7 Å². The van der Waals surface area contributed by atoms with Crippen LogP contribution in [0.5, 0.6) is 0 Å². The maximum atomic E-state index is 11.8. The molecule has 124 valence electrons. The lowest BCUT2D eigenvalue weighted by Crippen LogP contribution is -2.05. The molecule has 5 nitrogen and oxygen atoms in total. The van der Waals surface area contributed by atoms with Gasteiger partial charge in [-0.2, -0.15) is 0 Å².